The lowest BCUT2D eigenvalue weighted by Crippen LogP contribution is -2.20. The van der Waals surface area contributed by atoms with Gasteiger partial charge in [0.05, 0.1) is 38.0 Å². The summed E-state index contributed by atoms with van der Waals surface area (Å²) in [4.78, 5) is 1.15. The Labute approximate surface area is 219 Å². The monoisotopic (exact) mass is 574 g/mol. The second-order valence-corrected chi connectivity index (χ2v) is 11.9. The summed E-state index contributed by atoms with van der Waals surface area (Å²) < 4.78 is 67.0. The summed E-state index contributed by atoms with van der Waals surface area (Å²) in [7, 11) is -3.72. The number of hydrogen-bond donors (Lipinski definition) is 1. The third-order valence-corrected chi connectivity index (χ3v) is 8.86. The summed E-state index contributed by atoms with van der Waals surface area (Å²) in [6.45, 7) is 1.69. The van der Waals surface area contributed by atoms with Gasteiger partial charge in [-0.15, -0.1) is 11.3 Å². The quantitative estimate of drug-likeness (QED) is 0.254. The van der Waals surface area contributed by atoms with Crippen molar-refractivity contribution < 1.29 is 26.7 Å². The van der Waals surface area contributed by atoms with Crippen molar-refractivity contribution in [3.8, 4) is 26.7 Å². The van der Waals surface area contributed by atoms with Gasteiger partial charge in [-0.05, 0) is 60.5 Å². The van der Waals surface area contributed by atoms with Gasteiger partial charge in [0.1, 0.15) is 0 Å². The predicted octanol–water partition coefficient (Wildman–Crippen LogP) is 7.14. The highest BCUT2D eigenvalue weighted by Crippen LogP contribution is 2.40. The number of aliphatic hydroxyl groups excluding tert-OH is 1. The standard InChI is InChI=1S/C24H19Cl2F3N2O3S2/c1-2-16(32)13-36(33,34)17-5-3-4-14(10-17)21-8-9-22(35-21)20-12-23(24(27,28)29)30-31(20)19-11-15(25)6-7-18(19)26/h3-12,16,32H,2,13H2,1H3. The van der Waals surface area contributed by atoms with Crippen molar-refractivity contribution in [3.63, 3.8) is 0 Å². The molecule has 1 unspecified atom stereocenters. The van der Waals surface area contributed by atoms with Crippen LogP contribution in [0.4, 0.5) is 13.2 Å². The van der Waals surface area contributed by atoms with Crippen LogP contribution in [0.2, 0.25) is 10.0 Å². The minimum absolute atomic E-state index is 0.0533. The molecule has 0 saturated carbocycles. The molecule has 0 spiro atoms. The van der Waals surface area contributed by atoms with Crippen LogP contribution in [-0.4, -0.2) is 35.2 Å². The Kier molecular flexibility index (Phi) is 7.55. The predicted molar refractivity (Wildman–Crippen MR) is 136 cm³/mol. The van der Waals surface area contributed by atoms with E-state index in [0.717, 1.165) is 10.7 Å². The van der Waals surface area contributed by atoms with Gasteiger partial charge in [0.25, 0.3) is 0 Å². The van der Waals surface area contributed by atoms with Crippen LogP contribution in [-0.2, 0) is 16.0 Å². The first-order valence-corrected chi connectivity index (χ1v) is 13.9. The first-order chi connectivity index (χ1) is 16.9. The molecule has 190 valence electrons. The van der Waals surface area contributed by atoms with Crippen LogP contribution in [0.5, 0.6) is 0 Å². The molecule has 0 saturated heterocycles. The second-order valence-electron chi connectivity index (χ2n) is 7.96. The molecule has 0 amide bonds. The van der Waals surface area contributed by atoms with Gasteiger partial charge in [-0.25, -0.2) is 13.1 Å². The average molecular weight is 575 g/mol. The van der Waals surface area contributed by atoms with Crippen LogP contribution in [0.1, 0.15) is 19.0 Å². The Bertz CT molecular complexity index is 1520. The molecule has 2 aromatic heterocycles. The summed E-state index contributed by atoms with van der Waals surface area (Å²) in [6, 6.07) is 14.9. The molecule has 0 bridgehead atoms. The molecule has 0 aliphatic carbocycles. The summed E-state index contributed by atoms with van der Waals surface area (Å²) in [6.07, 6.45) is -5.36. The third-order valence-electron chi connectivity index (χ3n) is 5.36. The van der Waals surface area contributed by atoms with Gasteiger partial charge in [0.15, 0.2) is 15.5 Å². The van der Waals surface area contributed by atoms with Crippen molar-refractivity contribution in [1.29, 1.82) is 0 Å². The zero-order valence-electron chi connectivity index (χ0n) is 18.6. The summed E-state index contributed by atoms with van der Waals surface area (Å²) in [5.74, 6) is -0.400. The van der Waals surface area contributed by atoms with Gasteiger partial charge in [-0.3, -0.25) is 0 Å². The molecular weight excluding hydrogens is 556 g/mol. The highest BCUT2D eigenvalue weighted by molar-refractivity contribution is 7.91. The van der Waals surface area contributed by atoms with E-state index in [1.165, 1.54) is 41.7 Å². The van der Waals surface area contributed by atoms with Crippen molar-refractivity contribution in [2.45, 2.75) is 30.5 Å². The Morgan fingerprint density at radius 3 is 2.47 bits per heavy atom. The smallest absolute Gasteiger partial charge is 0.392 e. The summed E-state index contributed by atoms with van der Waals surface area (Å²) in [5.41, 5.74) is -0.183. The number of nitrogens with zero attached hydrogens (tertiary/aromatic N) is 2. The van der Waals surface area contributed by atoms with Crippen LogP contribution in [0.3, 0.4) is 0 Å². The molecule has 4 aromatic rings. The van der Waals surface area contributed by atoms with Gasteiger partial charge >= 0.3 is 6.18 Å². The van der Waals surface area contributed by atoms with Crippen LogP contribution >= 0.6 is 34.5 Å². The molecule has 1 N–H and O–H groups in total. The van der Waals surface area contributed by atoms with Gasteiger partial charge in [0, 0.05) is 9.90 Å². The highest BCUT2D eigenvalue weighted by atomic mass is 35.5. The van der Waals surface area contributed by atoms with E-state index in [-0.39, 0.29) is 26.3 Å². The lowest BCUT2D eigenvalue weighted by Gasteiger charge is -2.10. The molecule has 1 atom stereocenters. The normalized spacial score (nSPS) is 13.2. The second kappa shape index (κ2) is 10.2. The minimum Gasteiger partial charge on any atom is -0.392 e. The van der Waals surface area contributed by atoms with Crippen LogP contribution in [0, 0.1) is 0 Å². The summed E-state index contributed by atoms with van der Waals surface area (Å²) >= 11 is 13.5. The maximum atomic E-state index is 13.5. The van der Waals surface area contributed by atoms with Gasteiger partial charge in [0.2, 0.25) is 0 Å². The van der Waals surface area contributed by atoms with E-state index in [9.17, 15) is 26.7 Å². The topological polar surface area (TPSA) is 72.2 Å². The van der Waals surface area contributed by atoms with Crippen LogP contribution in [0.25, 0.3) is 26.7 Å². The van der Waals surface area contributed by atoms with Crippen LogP contribution in [0.15, 0.2) is 65.6 Å². The Balaban J connectivity index is 1.78. The molecule has 5 nitrogen and oxygen atoms in total. The first kappa shape index (κ1) is 26.7. The number of hydrogen-bond acceptors (Lipinski definition) is 5. The van der Waals surface area contributed by atoms with Crippen molar-refractivity contribution in [3.05, 3.63) is 76.4 Å². The number of halogens is 5. The largest absolute Gasteiger partial charge is 0.435 e. The fourth-order valence-electron chi connectivity index (χ4n) is 3.47. The molecule has 2 aromatic carbocycles. The van der Waals surface area contributed by atoms with Gasteiger partial charge in [-0.2, -0.15) is 18.3 Å². The molecule has 0 aliphatic heterocycles. The molecule has 0 radical (unpaired) electrons. The fraction of sp³-hybridized carbons (Fsp3) is 0.208. The van der Waals surface area contributed by atoms with Crippen molar-refractivity contribution in [1.82, 2.24) is 9.78 Å². The molecule has 4 rings (SSSR count). The van der Waals surface area contributed by atoms with E-state index in [4.69, 9.17) is 23.2 Å². The van der Waals surface area contributed by atoms with E-state index >= 15 is 0 Å². The average Bonchev–Trinajstić information content (AvgIpc) is 3.48. The van der Waals surface area contributed by atoms with Gasteiger partial charge < -0.3 is 5.11 Å². The Morgan fingerprint density at radius 2 is 1.78 bits per heavy atom. The highest BCUT2D eigenvalue weighted by Gasteiger charge is 2.35. The number of benzene rings is 2. The van der Waals surface area contributed by atoms with Crippen molar-refractivity contribution in [2.24, 2.45) is 0 Å². The molecule has 0 aliphatic rings. The lowest BCUT2D eigenvalue weighted by atomic mass is 10.2. The van der Waals surface area contributed by atoms with E-state index in [1.54, 1.807) is 31.2 Å². The number of aromatic nitrogens is 2. The molecule has 36 heavy (non-hydrogen) atoms. The molecular formula is C24H19Cl2F3N2O3S2. The fourth-order valence-corrected chi connectivity index (χ4v) is 6.36. The SMILES string of the molecule is CCC(O)CS(=O)(=O)c1cccc(-c2ccc(-c3cc(C(F)(F)F)nn3-c3cc(Cl)ccc3Cl)s2)c1. The Hall–Kier alpha value is -2.37. The zero-order chi connectivity index (χ0) is 26.3. The van der Waals surface area contributed by atoms with Crippen LogP contribution < -0.4 is 0 Å². The molecule has 12 heteroatoms. The molecule has 0 fully saturated rings. The molecule has 2 heterocycles. The van der Waals surface area contributed by atoms with E-state index in [1.807, 2.05) is 0 Å². The van der Waals surface area contributed by atoms with Crippen molar-refractivity contribution >= 4 is 44.4 Å². The number of thiophene rings is 1. The lowest BCUT2D eigenvalue weighted by molar-refractivity contribution is -0.141. The Morgan fingerprint density at radius 1 is 1.06 bits per heavy atom. The first-order valence-electron chi connectivity index (χ1n) is 10.6. The van der Waals surface area contributed by atoms with E-state index in [2.05, 4.69) is 5.10 Å². The number of alkyl halides is 3. The summed E-state index contributed by atoms with van der Waals surface area (Å²) in [5, 5.41) is 14.0. The number of rotatable bonds is 7. The van der Waals surface area contributed by atoms with E-state index < -0.39 is 33.6 Å². The minimum atomic E-state index is -4.68. The maximum Gasteiger partial charge on any atom is 0.435 e. The maximum absolute atomic E-state index is 13.5. The van der Waals surface area contributed by atoms with Crippen molar-refractivity contribution in [2.75, 3.05) is 5.75 Å². The zero-order valence-corrected chi connectivity index (χ0v) is 21.8. The van der Waals surface area contributed by atoms with Gasteiger partial charge in [-0.1, -0.05) is 42.3 Å². The third kappa shape index (κ3) is 5.63. The number of aliphatic hydroxyl groups is 1. The number of sulfone groups is 1. The van der Waals surface area contributed by atoms with E-state index in [0.29, 0.717) is 21.7 Å².